The SMILES string of the molecule is CCCCN(CC(=O)OC(CC)CC(=O)O)C(=O)CN(CCCC)C(=O)[C@H](CC(=O)O)NC(=O)[C@@H](NC)C(C)C. The van der Waals surface area contributed by atoms with Crippen LogP contribution >= 0.6 is 0 Å². The fraction of sp³-hybridized carbons (Fsp3) is 0.778. The van der Waals surface area contributed by atoms with Crippen LogP contribution in [0.4, 0.5) is 0 Å². The molecule has 0 aliphatic heterocycles. The molecule has 0 fully saturated rings. The van der Waals surface area contributed by atoms with E-state index in [-0.39, 0.29) is 25.4 Å². The number of rotatable bonds is 21. The van der Waals surface area contributed by atoms with Crippen molar-refractivity contribution in [1.82, 2.24) is 20.4 Å². The van der Waals surface area contributed by atoms with Gasteiger partial charge in [0.15, 0.2) is 0 Å². The summed E-state index contributed by atoms with van der Waals surface area (Å²) in [6, 6.07) is -2.04. The summed E-state index contributed by atoms with van der Waals surface area (Å²) >= 11 is 0. The largest absolute Gasteiger partial charge is 0.481 e. The van der Waals surface area contributed by atoms with Crippen LogP contribution in [0.25, 0.3) is 0 Å². The van der Waals surface area contributed by atoms with Gasteiger partial charge in [-0.2, -0.15) is 0 Å². The normalized spacial score (nSPS) is 13.2. The molecule has 0 heterocycles. The Hall–Kier alpha value is -3.22. The monoisotopic (exact) mass is 572 g/mol. The molecule has 3 amide bonds. The van der Waals surface area contributed by atoms with Crippen LogP contribution in [-0.2, 0) is 33.5 Å². The van der Waals surface area contributed by atoms with Crippen LogP contribution in [0.3, 0.4) is 0 Å². The van der Waals surface area contributed by atoms with E-state index in [1.807, 2.05) is 13.8 Å². The minimum absolute atomic E-state index is 0.127. The predicted molar refractivity (Wildman–Crippen MR) is 147 cm³/mol. The lowest BCUT2D eigenvalue weighted by molar-refractivity contribution is -0.157. The molecule has 0 spiro atoms. The Balaban J connectivity index is 5.85. The van der Waals surface area contributed by atoms with Crippen molar-refractivity contribution in [3.05, 3.63) is 0 Å². The number of carboxylic acid groups (broad SMARTS) is 2. The van der Waals surface area contributed by atoms with Crippen LogP contribution in [0.2, 0.25) is 0 Å². The quantitative estimate of drug-likeness (QED) is 0.146. The van der Waals surface area contributed by atoms with Gasteiger partial charge in [0.1, 0.15) is 18.7 Å². The van der Waals surface area contributed by atoms with E-state index in [9.17, 15) is 33.9 Å². The summed E-state index contributed by atoms with van der Waals surface area (Å²) in [5.74, 6) is -5.06. The summed E-state index contributed by atoms with van der Waals surface area (Å²) in [6.45, 7) is 8.62. The summed E-state index contributed by atoms with van der Waals surface area (Å²) in [5.41, 5.74) is 0. The van der Waals surface area contributed by atoms with Crippen LogP contribution in [0, 0.1) is 5.92 Å². The molecule has 0 radical (unpaired) electrons. The Morgan fingerprint density at radius 1 is 0.825 bits per heavy atom. The maximum absolute atomic E-state index is 13.5. The summed E-state index contributed by atoms with van der Waals surface area (Å²) in [6.07, 6.45) is 0.969. The van der Waals surface area contributed by atoms with Crippen LogP contribution in [0.15, 0.2) is 0 Å². The van der Waals surface area contributed by atoms with E-state index in [4.69, 9.17) is 9.84 Å². The van der Waals surface area contributed by atoms with E-state index < -0.39 is 73.3 Å². The first-order chi connectivity index (χ1) is 18.8. The molecule has 13 nitrogen and oxygen atoms in total. The third kappa shape index (κ3) is 14.2. The van der Waals surface area contributed by atoms with Crippen molar-refractivity contribution in [3.8, 4) is 0 Å². The maximum atomic E-state index is 13.5. The molecular formula is C27H48N4O9. The molecule has 13 heteroatoms. The zero-order valence-electron chi connectivity index (χ0n) is 24.7. The van der Waals surface area contributed by atoms with Gasteiger partial charge in [-0.25, -0.2) is 0 Å². The molecule has 0 aromatic carbocycles. The van der Waals surface area contributed by atoms with Crippen LogP contribution in [-0.4, -0.2) is 107 Å². The average molecular weight is 573 g/mol. The lowest BCUT2D eigenvalue weighted by atomic mass is 10.0. The van der Waals surface area contributed by atoms with Crippen molar-refractivity contribution in [2.45, 2.75) is 97.8 Å². The number of unbranched alkanes of at least 4 members (excludes halogenated alkanes) is 2. The van der Waals surface area contributed by atoms with Crippen molar-refractivity contribution in [1.29, 1.82) is 0 Å². The van der Waals surface area contributed by atoms with Crippen molar-refractivity contribution in [2.75, 3.05) is 33.2 Å². The van der Waals surface area contributed by atoms with E-state index >= 15 is 0 Å². The highest BCUT2D eigenvalue weighted by atomic mass is 16.5. The van der Waals surface area contributed by atoms with Gasteiger partial charge in [-0.15, -0.1) is 0 Å². The molecule has 0 saturated heterocycles. The molecule has 3 atom stereocenters. The smallest absolute Gasteiger partial charge is 0.325 e. The predicted octanol–water partition coefficient (Wildman–Crippen LogP) is 1.24. The van der Waals surface area contributed by atoms with Crippen LogP contribution < -0.4 is 10.6 Å². The topological polar surface area (TPSA) is 183 Å². The fourth-order valence-electron chi connectivity index (χ4n) is 3.99. The van der Waals surface area contributed by atoms with E-state index in [1.165, 1.54) is 9.80 Å². The molecule has 0 aliphatic carbocycles. The molecule has 0 bridgehead atoms. The van der Waals surface area contributed by atoms with E-state index in [0.717, 1.165) is 6.42 Å². The zero-order chi connectivity index (χ0) is 30.8. The number of esters is 1. The number of carboxylic acids is 2. The summed E-state index contributed by atoms with van der Waals surface area (Å²) in [7, 11) is 1.59. The lowest BCUT2D eigenvalue weighted by Gasteiger charge is -2.31. The first kappa shape index (κ1) is 36.8. The van der Waals surface area contributed by atoms with Gasteiger partial charge in [-0.1, -0.05) is 47.5 Å². The van der Waals surface area contributed by atoms with Gasteiger partial charge in [0.25, 0.3) is 0 Å². The van der Waals surface area contributed by atoms with E-state index in [2.05, 4.69) is 10.6 Å². The van der Waals surface area contributed by atoms with Gasteiger partial charge >= 0.3 is 17.9 Å². The molecule has 0 aliphatic rings. The summed E-state index contributed by atoms with van der Waals surface area (Å²) in [5, 5.41) is 23.8. The van der Waals surface area contributed by atoms with Crippen LogP contribution in [0.1, 0.15) is 79.6 Å². The second kappa shape index (κ2) is 19.8. The minimum atomic E-state index is -1.39. The highest BCUT2D eigenvalue weighted by Gasteiger charge is 2.33. The van der Waals surface area contributed by atoms with Gasteiger partial charge < -0.3 is 35.4 Å². The number of nitrogens with zero attached hydrogens (tertiary/aromatic N) is 2. The van der Waals surface area contributed by atoms with E-state index in [1.54, 1.807) is 27.8 Å². The van der Waals surface area contributed by atoms with Gasteiger partial charge in [0.2, 0.25) is 17.7 Å². The van der Waals surface area contributed by atoms with Gasteiger partial charge in [-0.3, -0.25) is 28.8 Å². The van der Waals surface area contributed by atoms with E-state index in [0.29, 0.717) is 25.7 Å². The number of amides is 3. The lowest BCUT2D eigenvalue weighted by Crippen LogP contribution is -2.56. The number of carbonyl (C=O) groups excluding carboxylic acids is 4. The van der Waals surface area contributed by atoms with Crippen molar-refractivity contribution in [3.63, 3.8) is 0 Å². The number of hydrogen-bond acceptors (Lipinski definition) is 8. The van der Waals surface area contributed by atoms with Gasteiger partial charge in [-0.05, 0) is 32.2 Å². The molecule has 1 unspecified atom stereocenters. The molecule has 0 rings (SSSR count). The zero-order valence-corrected chi connectivity index (χ0v) is 24.7. The number of aliphatic carboxylic acids is 2. The molecule has 0 aromatic heterocycles. The number of hydrogen-bond donors (Lipinski definition) is 4. The highest BCUT2D eigenvalue weighted by molar-refractivity contribution is 5.94. The number of carbonyl (C=O) groups is 6. The summed E-state index contributed by atoms with van der Waals surface area (Å²) < 4.78 is 5.25. The molecule has 230 valence electrons. The van der Waals surface area contributed by atoms with Crippen molar-refractivity contribution < 1.29 is 43.7 Å². The number of ether oxygens (including phenoxy) is 1. The molecule has 4 N–H and O–H groups in total. The molecule has 40 heavy (non-hydrogen) atoms. The fourth-order valence-corrected chi connectivity index (χ4v) is 3.99. The first-order valence-electron chi connectivity index (χ1n) is 14.0. The highest BCUT2D eigenvalue weighted by Crippen LogP contribution is 2.10. The van der Waals surface area contributed by atoms with Gasteiger partial charge in [0, 0.05) is 13.1 Å². The second-order valence-electron chi connectivity index (χ2n) is 10.1. The third-order valence-electron chi connectivity index (χ3n) is 6.28. The summed E-state index contributed by atoms with van der Waals surface area (Å²) in [4.78, 5) is 77.2. The Kier molecular flexibility index (Phi) is 18.2. The average Bonchev–Trinajstić information content (AvgIpc) is 2.87. The second-order valence-corrected chi connectivity index (χ2v) is 10.1. The number of likely N-dealkylation sites (N-methyl/N-ethyl adjacent to an activating group) is 1. The van der Waals surface area contributed by atoms with Gasteiger partial charge in [0.05, 0.1) is 25.4 Å². The number of nitrogens with one attached hydrogen (secondary N) is 2. The van der Waals surface area contributed by atoms with Crippen LogP contribution in [0.5, 0.6) is 0 Å². The first-order valence-corrected chi connectivity index (χ1v) is 14.0. The Morgan fingerprint density at radius 2 is 1.38 bits per heavy atom. The minimum Gasteiger partial charge on any atom is -0.481 e. The third-order valence-corrected chi connectivity index (χ3v) is 6.28. The molecule has 0 saturated carbocycles. The Labute approximate surface area is 237 Å². The molecule has 0 aromatic rings. The Bertz CT molecular complexity index is 850. The van der Waals surface area contributed by atoms with Crippen molar-refractivity contribution in [2.24, 2.45) is 5.92 Å². The molecular weight excluding hydrogens is 524 g/mol. The standard InChI is InChI=1S/C27H48N4O9/c1-7-10-12-30(17-24(37)40-19(9-3)14-22(33)34)21(32)16-31(13-11-8-2)27(39)20(15-23(35)36)29-26(38)25(28-6)18(4)5/h18-20,25,28H,7-17H2,1-6H3,(H,29,38)(H,33,34)(H,35,36)/t19?,20-,25-/m0/s1. The Morgan fingerprint density at radius 3 is 1.82 bits per heavy atom. The van der Waals surface area contributed by atoms with Crippen molar-refractivity contribution >= 4 is 35.6 Å². The maximum Gasteiger partial charge on any atom is 0.325 e.